The first-order valence-electron chi connectivity index (χ1n) is 7.62. The van der Waals surface area contributed by atoms with Gasteiger partial charge in [-0.15, -0.1) is 11.3 Å². The van der Waals surface area contributed by atoms with Gasteiger partial charge in [0.2, 0.25) is 0 Å². The number of cyclic esters (lactones) is 1. The third-order valence-electron chi connectivity index (χ3n) is 3.87. The van der Waals surface area contributed by atoms with Crippen LogP contribution in [0.4, 0.5) is 4.79 Å². The molecule has 4 rings (SSSR count). The van der Waals surface area contributed by atoms with Crippen molar-refractivity contribution >= 4 is 39.2 Å². The largest absolute Gasteiger partial charge is 0.449 e. The van der Waals surface area contributed by atoms with Gasteiger partial charge in [0, 0.05) is 18.9 Å². The van der Waals surface area contributed by atoms with Gasteiger partial charge in [0.25, 0.3) is 0 Å². The fourth-order valence-electron chi connectivity index (χ4n) is 2.66. The van der Waals surface area contributed by atoms with Gasteiger partial charge in [0.05, 0.1) is 39.0 Å². The summed E-state index contributed by atoms with van der Waals surface area (Å²) in [5, 5.41) is 0.705. The molecule has 0 radical (unpaired) electrons. The number of carbonyl (C=O) groups excluding carboxylic acids is 1. The van der Waals surface area contributed by atoms with Crippen molar-refractivity contribution < 1.29 is 9.53 Å². The summed E-state index contributed by atoms with van der Waals surface area (Å²) in [5.41, 5.74) is 2.73. The van der Waals surface area contributed by atoms with Crippen LogP contribution in [0.3, 0.4) is 0 Å². The monoisotopic (exact) mass is 359 g/mol. The van der Waals surface area contributed by atoms with E-state index >= 15 is 0 Å². The number of pyridine rings is 2. The maximum Gasteiger partial charge on any atom is 0.410 e. The van der Waals surface area contributed by atoms with E-state index in [-0.39, 0.29) is 6.09 Å². The highest BCUT2D eigenvalue weighted by Gasteiger charge is 2.19. The third-order valence-corrected chi connectivity index (χ3v) is 5.48. The Bertz CT molecular complexity index is 894. The number of aromatic nitrogens is 2. The summed E-state index contributed by atoms with van der Waals surface area (Å²) in [6.45, 7) is 1.75. The van der Waals surface area contributed by atoms with Crippen molar-refractivity contribution in [3.05, 3.63) is 47.2 Å². The molecule has 1 aliphatic heterocycles. The molecule has 0 spiro atoms. The maximum absolute atomic E-state index is 11.7. The predicted octanol–water partition coefficient (Wildman–Crippen LogP) is 4.35. The van der Waals surface area contributed by atoms with Crippen LogP contribution in [0.25, 0.3) is 20.8 Å². The number of nitrogens with zero attached hydrogens (tertiary/aromatic N) is 3. The molecule has 1 amide bonds. The molecule has 4 heterocycles. The van der Waals surface area contributed by atoms with Crippen molar-refractivity contribution in [1.29, 1.82) is 0 Å². The summed E-state index contributed by atoms with van der Waals surface area (Å²) in [7, 11) is 0. The van der Waals surface area contributed by atoms with Gasteiger partial charge in [-0.25, -0.2) is 4.79 Å². The highest BCUT2D eigenvalue weighted by molar-refractivity contribution is 7.22. The number of hydrogen-bond acceptors (Lipinski definition) is 5. The summed E-state index contributed by atoms with van der Waals surface area (Å²) in [5.74, 6) is 0. The van der Waals surface area contributed by atoms with E-state index in [9.17, 15) is 4.79 Å². The van der Waals surface area contributed by atoms with Crippen molar-refractivity contribution in [3.63, 3.8) is 0 Å². The fraction of sp³-hybridized carbons (Fsp3) is 0.235. The van der Waals surface area contributed by atoms with Gasteiger partial charge in [0.15, 0.2) is 0 Å². The molecule has 1 fully saturated rings. The van der Waals surface area contributed by atoms with E-state index in [0.29, 0.717) is 18.2 Å². The van der Waals surface area contributed by atoms with Crippen LogP contribution in [-0.2, 0) is 11.3 Å². The lowest BCUT2D eigenvalue weighted by Gasteiger charge is -2.26. The summed E-state index contributed by atoms with van der Waals surface area (Å²) < 4.78 is 6.02. The van der Waals surface area contributed by atoms with Crippen molar-refractivity contribution in [2.75, 3.05) is 13.2 Å². The van der Waals surface area contributed by atoms with Gasteiger partial charge in [0.1, 0.15) is 0 Å². The molecule has 5 nitrogen and oxygen atoms in total. The van der Waals surface area contributed by atoms with Crippen molar-refractivity contribution in [2.45, 2.75) is 13.0 Å². The molecule has 122 valence electrons. The molecule has 3 aromatic rings. The van der Waals surface area contributed by atoms with Gasteiger partial charge in [-0.3, -0.25) is 9.97 Å². The average molecular weight is 360 g/mol. The van der Waals surface area contributed by atoms with Gasteiger partial charge in [-0.05, 0) is 30.2 Å². The Morgan fingerprint density at radius 1 is 1.29 bits per heavy atom. The maximum atomic E-state index is 11.7. The van der Waals surface area contributed by atoms with Gasteiger partial charge in [-0.2, -0.15) is 0 Å². The summed E-state index contributed by atoms with van der Waals surface area (Å²) in [6.07, 6.45) is 4.12. The van der Waals surface area contributed by atoms with Gasteiger partial charge < -0.3 is 9.64 Å². The smallest absolute Gasteiger partial charge is 0.410 e. The average Bonchev–Trinajstić information content (AvgIpc) is 3.03. The minimum absolute atomic E-state index is 0.254. The van der Waals surface area contributed by atoms with Gasteiger partial charge >= 0.3 is 6.09 Å². The molecular formula is C17H14ClN3O2S. The molecule has 0 saturated carbocycles. The third kappa shape index (κ3) is 2.95. The van der Waals surface area contributed by atoms with Gasteiger partial charge in [-0.1, -0.05) is 17.7 Å². The highest BCUT2D eigenvalue weighted by atomic mass is 35.5. The standard InChI is InChI=1S/C17H14ClN3O2S/c18-12-4-5-19-14-8-15(24-16(12)14)13-3-2-11(9-20-13)10-21-6-1-7-23-17(21)22/h2-5,8-9H,1,6-7,10H2. The second-order valence-corrected chi connectivity index (χ2v) is 7.02. The van der Waals surface area contributed by atoms with E-state index < -0.39 is 0 Å². The molecule has 3 aromatic heterocycles. The molecule has 0 bridgehead atoms. The fourth-order valence-corrected chi connectivity index (χ4v) is 3.92. The Morgan fingerprint density at radius 2 is 2.21 bits per heavy atom. The number of fused-ring (bicyclic) bond motifs is 1. The lowest BCUT2D eigenvalue weighted by atomic mass is 10.2. The van der Waals surface area contributed by atoms with Crippen LogP contribution in [0.2, 0.25) is 5.02 Å². The van der Waals surface area contributed by atoms with Crippen LogP contribution in [0.1, 0.15) is 12.0 Å². The van der Waals surface area contributed by atoms with Crippen molar-refractivity contribution in [3.8, 4) is 10.6 Å². The van der Waals surface area contributed by atoms with Crippen molar-refractivity contribution in [2.24, 2.45) is 0 Å². The van der Waals surface area contributed by atoms with E-state index in [4.69, 9.17) is 16.3 Å². The summed E-state index contributed by atoms with van der Waals surface area (Å²) in [6, 6.07) is 7.74. The van der Waals surface area contributed by atoms with Crippen LogP contribution < -0.4 is 0 Å². The quantitative estimate of drug-likeness (QED) is 0.697. The molecule has 0 N–H and O–H groups in total. The zero-order valence-electron chi connectivity index (χ0n) is 12.7. The SMILES string of the molecule is O=C1OCCCN1Cc1ccc(-c2cc3nccc(Cl)c3s2)nc1. The molecule has 1 saturated heterocycles. The lowest BCUT2D eigenvalue weighted by Crippen LogP contribution is -2.37. The zero-order valence-corrected chi connectivity index (χ0v) is 14.3. The Morgan fingerprint density at radius 3 is 2.96 bits per heavy atom. The first-order chi connectivity index (χ1) is 11.7. The van der Waals surface area contributed by atoms with Crippen LogP contribution >= 0.6 is 22.9 Å². The number of ether oxygens (including phenoxy) is 1. The van der Waals surface area contributed by atoms with Crippen LogP contribution in [0, 0.1) is 0 Å². The van der Waals surface area contributed by atoms with Crippen LogP contribution in [-0.4, -0.2) is 34.1 Å². The van der Waals surface area contributed by atoms with E-state index in [0.717, 1.165) is 39.3 Å². The van der Waals surface area contributed by atoms with E-state index in [1.165, 1.54) is 0 Å². The number of hydrogen-bond donors (Lipinski definition) is 0. The molecule has 0 aromatic carbocycles. The topological polar surface area (TPSA) is 55.3 Å². The molecule has 0 atom stereocenters. The minimum Gasteiger partial charge on any atom is -0.449 e. The number of halogens is 1. The number of thiophene rings is 1. The first kappa shape index (κ1) is 15.4. The summed E-state index contributed by atoms with van der Waals surface area (Å²) in [4.78, 5) is 23.3. The Balaban J connectivity index is 1.56. The van der Waals surface area contributed by atoms with Crippen LogP contribution in [0.15, 0.2) is 36.7 Å². The first-order valence-corrected chi connectivity index (χ1v) is 8.81. The second-order valence-electron chi connectivity index (χ2n) is 5.56. The molecule has 0 unspecified atom stereocenters. The lowest BCUT2D eigenvalue weighted by molar-refractivity contribution is 0.0700. The Labute approximate surface area is 147 Å². The molecule has 7 heteroatoms. The summed E-state index contributed by atoms with van der Waals surface area (Å²) >= 11 is 7.78. The Hall–Kier alpha value is -2.18. The van der Waals surface area contributed by atoms with E-state index in [1.54, 1.807) is 34.7 Å². The van der Waals surface area contributed by atoms with Crippen LogP contribution in [0.5, 0.6) is 0 Å². The molecule has 1 aliphatic rings. The number of carbonyl (C=O) groups is 1. The number of rotatable bonds is 3. The minimum atomic E-state index is -0.254. The molecule has 0 aliphatic carbocycles. The molecule has 24 heavy (non-hydrogen) atoms. The molecular weight excluding hydrogens is 346 g/mol. The zero-order chi connectivity index (χ0) is 16.5. The second kappa shape index (κ2) is 6.37. The van der Waals surface area contributed by atoms with E-state index in [2.05, 4.69) is 9.97 Å². The normalized spacial score (nSPS) is 14.9. The predicted molar refractivity (Wildman–Crippen MR) is 94.2 cm³/mol. The highest BCUT2D eigenvalue weighted by Crippen LogP contribution is 2.35. The number of amides is 1. The van der Waals surface area contributed by atoms with Crippen molar-refractivity contribution in [1.82, 2.24) is 14.9 Å². The van der Waals surface area contributed by atoms with E-state index in [1.807, 2.05) is 18.2 Å². The Kier molecular flexibility index (Phi) is 4.08.